The molecule has 2 heterocycles. The molecule has 1 atom stereocenters. The first-order chi connectivity index (χ1) is 8.18. The van der Waals surface area contributed by atoms with E-state index in [0.717, 1.165) is 16.9 Å². The molecule has 0 aliphatic heterocycles. The predicted molar refractivity (Wildman–Crippen MR) is 75.7 cm³/mol. The molecule has 86 valence electrons. The average molecular weight is 359 g/mol. The molecule has 0 aliphatic rings. The Labute approximate surface area is 116 Å². The summed E-state index contributed by atoms with van der Waals surface area (Å²) in [6.45, 7) is 2.07. The molecule has 4 nitrogen and oxygen atoms in total. The van der Waals surface area contributed by atoms with E-state index in [0.29, 0.717) is 10.8 Å². The summed E-state index contributed by atoms with van der Waals surface area (Å²) >= 11 is 8.43. The third kappa shape index (κ3) is 1.68. The molecule has 0 bridgehead atoms. The Morgan fingerprint density at radius 1 is 1.29 bits per heavy atom. The van der Waals surface area contributed by atoms with Gasteiger partial charge in [-0.1, -0.05) is 46.3 Å². The van der Waals surface area contributed by atoms with Gasteiger partial charge in [-0.05, 0) is 19.1 Å². The minimum atomic E-state index is 0.254. The first kappa shape index (κ1) is 11.2. The van der Waals surface area contributed by atoms with E-state index in [1.54, 1.807) is 0 Å². The Morgan fingerprint density at radius 3 is 2.82 bits per heavy atom. The van der Waals surface area contributed by atoms with Gasteiger partial charge in [-0.3, -0.25) is 4.40 Å². The maximum absolute atomic E-state index is 6.12. The number of hydrogen-bond donors (Lipinski definition) is 0. The molecule has 0 N–H and O–H groups in total. The van der Waals surface area contributed by atoms with Gasteiger partial charge >= 0.3 is 0 Å². The molecule has 0 aliphatic carbocycles. The van der Waals surface area contributed by atoms with Gasteiger partial charge in [-0.15, -0.1) is 10.2 Å². The lowest BCUT2D eigenvalue weighted by Crippen LogP contribution is -1.98. The van der Waals surface area contributed by atoms with Crippen LogP contribution in [0.4, 0.5) is 0 Å². The van der Waals surface area contributed by atoms with Crippen molar-refractivity contribution in [1.29, 1.82) is 0 Å². The van der Waals surface area contributed by atoms with Gasteiger partial charge in [0.1, 0.15) is 0 Å². The van der Waals surface area contributed by atoms with Gasteiger partial charge < -0.3 is 0 Å². The van der Waals surface area contributed by atoms with Crippen molar-refractivity contribution in [2.45, 2.75) is 10.8 Å². The number of benzene rings is 1. The van der Waals surface area contributed by atoms with Crippen molar-refractivity contribution in [3.63, 3.8) is 0 Å². The molecule has 0 spiro atoms. The number of halogens is 2. The van der Waals surface area contributed by atoms with Gasteiger partial charge in [0.25, 0.3) is 0 Å². The van der Waals surface area contributed by atoms with Gasteiger partial charge in [0.15, 0.2) is 16.6 Å². The molecule has 17 heavy (non-hydrogen) atoms. The molecule has 3 rings (SSSR count). The maximum atomic E-state index is 6.12. The number of hydrogen-bond acceptors (Lipinski definition) is 3. The summed E-state index contributed by atoms with van der Waals surface area (Å²) in [4.78, 5) is 4.32. The van der Waals surface area contributed by atoms with Gasteiger partial charge in [0.05, 0.1) is 15.0 Å². The van der Waals surface area contributed by atoms with Crippen molar-refractivity contribution in [2.24, 2.45) is 0 Å². The maximum Gasteiger partial charge on any atom is 0.199 e. The van der Waals surface area contributed by atoms with Crippen LogP contribution in [-0.4, -0.2) is 19.6 Å². The largest absolute Gasteiger partial charge is 0.274 e. The van der Waals surface area contributed by atoms with E-state index < -0.39 is 0 Å². The van der Waals surface area contributed by atoms with Crippen LogP contribution in [0.1, 0.15) is 16.7 Å². The summed E-state index contributed by atoms with van der Waals surface area (Å²) in [5, 5.41) is 8.68. The van der Waals surface area contributed by atoms with Crippen molar-refractivity contribution in [1.82, 2.24) is 19.6 Å². The summed E-state index contributed by atoms with van der Waals surface area (Å²) in [5.41, 5.74) is 2.45. The molecule has 0 saturated heterocycles. The molecule has 1 unspecified atom stereocenters. The second-order valence-electron chi connectivity index (χ2n) is 3.72. The molecule has 0 radical (unpaired) electrons. The Hall–Kier alpha value is -0.950. The number of fused-ring (bicyclic) bond motifs is 3. The highest BCUT2D eigenvalue weighted by Gasteiger charge is 2.16. The first-order valence-corrected chi connectivity index (χ1v) is 6.74. The number of rotatable bonds is 1. The minimum Gasteiger partial charge on any atom is -0.274 e. The van der Waals surface area contributed by atoms with E-state index in [9.17, 15) is 0 Å². The van der Waals surface area contributed by atoms with E-state index in [4.69, 9.17) is 11.6 Å². The Bertz CT molecular complexity index is 707. The van der Waals surface area contributed by atoms with Crippen molar-refractivity contribution < 1.29 is 0 Å². The van der Waals surface area contributed by atoms with Crippen LogP contribution < -0.4 is 0 Å². The Morgan fingerprint density at radius 2 is 2.06 bits per heavy atom. The molecule has 0 saturated carbocycles. The lowest BCUT2D eigenvalue weighted by Gasteiger charge is -2.06. The number of alkyl halides is 1. The lowest BCUT2D eigenvalue weighted by molar-refractivity contribution is 0.926. The fourth-order valence-corrected chi connectivity index (χ4v) is 2.45. The molecule has 0 fully saturated rings. The molecule has 0 amide bonds. The van der Waals surface area contributed by atoms with Crippen molar-refractivity contribution >= 4 is 50.9 Å². The topological polar surface area (TPSA) is 43.1 Å². The SMILES string of the molecule is CC(I)c1nnc2c(Cl)nc3ccccc3n12. The second-order valence-corrected chi connectivity index (χ2v) is 5.95. The van der Waals surface area contributed by atoms with Crippen LogP contribution in [0.15, 0.2) is 24.3 Å². The van der Waals surface area contributed by atoms with Gasteiger partial charge in [-0.2, -0.15) is 0 Å². The predicted octanol–water partition coefficient (Wildman–Crippen LogP) is 3.43. The standard InChI is InChI=1S/C11H8ClIN4/c1-6(13)10-15-16-11-9(12)14-7-4-2-3-5-8(7)17(10)11/h2-6H,1H3. The van der Waals surface area contributed by atoms with Crippen LogP contribution >= 0.6 is 34.2 Å². The van der Waals surface area contributed by atoms with Gasteiger partial charge in [0, 0.05) is 0 Å². The van der Waals surface area contributed by atoms with E-state index in [-0.39, 0.29) is 3.92 Å². The summed E-state index contributed by atoms with van der Waals surface area (Å²) in [6.07, 6.45) is 0. The Kier molecular flexibility index (Phi) is 2.67. The van der Waals surface area contributed by atoms with E-state index in [1.807, 2.05) is 28.7 Å². The molecule has 6 heteroatoms. The van der Waals surface area contributed by atoms with E-state index in [1.165, 1.54) is 0 Å². The average Bonchev–Trinajstić information content (AvgIpc) is 2.74. The fraction of sp³-hybridized carbons (Fsp3) is 0.182. The number of nitrogens with zero attached hydrogens (tertiary/aromatic N) is 4. The molecule has 2 aromatic heterocycles. The molecule has 1 aromatic carbocycles. The highest BCUT2D eigenvalue weighted by Crippen LogP contribution is 2.27. The summed E-state index contributed by atoms with van der Waals surface area (Å²) in [7, 11) is 0. The third-order valence-electron chi connectivity index (χ3n) is 2.57. The lowest BCUT2D eigenvalue weighted by atomic mass is 10.3. The molecule has 3 aromatic rings. The number of para-hydroxylation sites is 2. The van der Waals surface area contributed by atoms with E-state index in [2.05, 4.69) is 44.7 Å². The smallest absolute Gasteiger partial charge is 0.199 e. The monoisotopic (exact) mass is 358 g/mol. The first-order valence-electron chi connectivity index (χ1n) is 5.12. The van der Waals surface area contributed by atoms with Gasteiger partial charge in [-0.25, -0.2) is 4.98 Å². The summed E-state index contributed by atoms with van der Waals surface area (Å²) in [5.74, 6) is 0.890. The quantitative estimate of drug-likeness (QED) is 0.494. The Balaban J connectivity index is 2.56. The molecular formula is C11H8ClIN4. The van der Waals surface area contributed by atoms with Crippen LogP contribution in [0, 0.1) is 0 Å². The van der Waals surface area contributed by atoms with Crippen LogP contribution in [0.5, 0.6) is 0 Å². The van der Waals surface area contributed by atoms with Crippen LogP contribution in [0.3, 0.4) is 0 Å². The van der Waals surface area contributed by atoms with E-state index >= 15 is 0 Å². The summed E-state index contributed by atoms with van der Waals surface area (Å²) in [6, 6.07) is 7.84. The zero-order chi connectivity index (χ0) is 12.0. The molecular weight excluding hydrogens is 351 g/mol. The highest BCUT2D eigenvalue weighted by atomic mass is 127. The fourth-order valence-electron chi connectivity index (χ4n) is 1.83. The second kappa shape index (κ2) is 4.06. The van der Waals surface area contributed by atoms with Crippen molar-refractivity contribution in [3.05, 3.63) is 35.2 Å². The van der Waals surface area contributed by atoms with Gasteiger partial charge in [0.2, 0.25) is 0 Å². The van der Waals surface area contributed by atoms with Crippen LogP contribution in [0.2, 0.25) is 5.15 Å². The summed E-state index contributed by atoms with van der Waals surface area (Å²) < 4.78 is 2.23. The van der Waals surface area contributed by atoms with Crippen LogP contribution in [0.25, 0.3) is 16.7 Å². The highest BCUT2D eigenvalue weighted by molar-refractivity contribution is 14.1. The van der Waals surface area contributed by atoms with Crippen LogP contribution in [-0.2, 0) is 0 Å². The zero-order valence-corrected chi connectivity index (χ0v) is 11.8. The normalized spacial score (nSPS) is 13.4. The third-order valence-corrected chi connectivity index (χ3v) is 3.38. The minimum absolute atomic E-state index is 0.254. The van der Waals surface area contributed by atoms with Crippen molar-refractivity contribution in [2.75, 3.05) is 0 Å². The zero-order valence-electron chi connectivity index (χ0n) is 8.93. The number of aromatic nitrogens is 4. The van der Waals surface area contributed by atoms with Crippen molar-refractivity contribution in [3.8, 4) is 0 Å².